The minimum absolute atomic E-state index is 0.300. The van der Waals surface area contributed by atoms with Crippen LogP contribution in [0.4, 0.5) is 5.69 Å². The summed E-state index contributed by atoms with van der Waals surface area (Å²) >= 11 is 0. The van der Waals surface area contributed by atoms with Crippen molar-refractivity contribution in [2.45, 2.75) is 25.9 Å². The molecule has 0 heterocycles. The van der Waals surface area contributed by atoms with Crippen molar-refractivity contribution in [1.29, 1.82) is 0 Å². The van der Waals surface area contributed by atoms with Crippen LogP contribution in [0.25, 0.3) is 0 Å². The van der Waals surface area contributed by atoms with Gasteiger partial charge in [-0.15, -0.1) is 0 Å². The lowest BCUT2D eigenvalue weighted by molar-refractivity contribution is 0.586. The molecule has 0 saturated carbocycles. The SMILES string of the molecule is CC(c1ccccc1)N(c1ccccc1)C(C)c1ccccc1. The Bertz CT molecular complexity index is 661. The molecule has 0 aliphatic heterocycles. The lowest BCUT2D eigenvalue weighted by Crippen LogP contribution is -2.29. The van der Waals surface area contributed by atoms with Crippen molar-refractivity contribution in [3.63, 3.8) is 0 Å². The number of para-hydroxylation sites is 1. The van der Waals surface area contributed by atoms with Gasteiger partial charge in [-0.2, -0.15) is 0 Å². The van der Waals surface area contributed by atoms with Crippen LogP contribution in [-0.4, -0.2) is 0 Å². The minimum Gasteiger partial charge on any atom is -0.358 e. The number of anilines is 1. The molecule has 0 bridgehead atoms. The van der Waals surface area contributed by atoms with Crippen LogP contribution in [0, 0.1) is 0 Å². The van der Waals surface area contributed by atoms with Crippen LogP contribution in [0.5, 0.6) is 0 Å². The van der Waals surface area contributed by atoms with Crippen LogP contribution in [0.2, 0.25) is 0 Å². The predicted octanol–water partition coefficient (Wildman–Crippen LogP) is 6.02. The summed E-state index contributed by atoms with van der Waals surface area (Å²) < 4.78 is 0. The third kappa shape index (κ3) is 3.45. The largest absolute Gasteiger partial charge is 0.358 e. The smallest absolute Gasteiger partial charge is 0.0520 e. The molecule has 3 rings (SSSR count). The molecular formula is C22H23N. The Kier molecular flexibility index (Phi) is 4.77. The van der Waals surface area contributed by atoms with Crippen LogP contribution in [0.15, 0.2) is 91.0 Å². The Balaban J connectivity index is 2.01. The molecule has 3 aromatic carbocycles. The van der Waals surface area contributed by atoms with Crippen LogP contribution in [-0.2, 0) is 0 Å². The molecule has 116 valence electrons. The summed E-state index contributed by atoms with van der Waals surface area (Å²) in [6.07, 6.45) is 0. The molecular weight excluding hydrogens is 278 g/mol. The maximum absolute atomic E-state index is 2.49. The zero-order valence-corrected chi connectivity index (χ0v) is 13.8. The third-order valence-corrected chi connectivity index (χ3v) is 4.45. The van der Waals surface area contributed by atoms with Crippen LogP contribution >= 0.6 is 0 Å². The van der Waals surface area contributed by atoms with E-state index in [1.807, 2.05) is 0 Å². The fourth-order valence-corrected chi connectivity index (χ4v) is 3.17. The maximum Gasteiger partial charge on any atom is 0.0520 e. The van der Waals surface area contributed by atoms with E-state index in [1.54, 1.807) is 0 Å². The highest BCUT2D eigenvalue weighted by atomic mass is 15.2. The highest BCUT2D eigenvalue weighted by molar-refractivity contribution is 5.51. The van der Waals surface area contributed by atoms with Crippen molar-refractivity contribution >= 4 is 5.69 Å². The second-order valence-corrected chi connectivity index (χ2v) is 5.92. The maximum atomic E-state index is 2.49. The first-order valence-corrected chi connectivity index (χ1v) is 8.20. The molecule has 2 unspecified atom stereocenters. The quantitative estimate of drug-likeness (QED) is 0.557. The van der Waals surface area contributed by atoms with E-state index < -0.39 is 0 Å². The fraction of sp³-hybridized carbons (Fsp3) is 0.182. The van der Waals surface area contributed by atoms with Gasteiger partial charge in [0.1, 0.15) is 0 Å². The Labute approximate surface area is 139 Å². The molecule has 0 amide bonds. The van der Waals surface area contributed by atoms with Gasteiger partial charge in [0.25, 0.3) is 0 Å². The van der Waals surface area contributed by atoms with E-state index >= 15 is 0 Å². The summed E-state index contributed by atoms with van der Waals surface area (Å²) in [5.74, 6) is 0. The van der Waals surface area contributed by atoms with Crippen molar-refractivity contribution in [2.24, 2.45) is 0 Å². The number of hydrogen-bond donors (Lipinski definition) is 0. The Morgan fingerprint density at radius 3 is 1.26 bits per heavy atom. The van der Waals surface area contributed by atoms with Crippen molar-refractivity contribution in [1.82, 2.24) is 0 Å². The lowest BCUT2D eigenvalue weighted by Gasteiger charge is -2.37. The van der Waals surface area contributed by atoms with Gasteiger partial charge in [-0.3, -0.25) is 0 Å². The van der Waals surface area contributed by atoms with E-state index in [0.29, 0.717) is 12.1 Å². The molecule has 0 N–H and O–H groups in total. The second kappa shape index (κ2) is 7.15. The zero-order chi connectivity index (χ0) is 16.1. The van der Waals surface area contributed by atoms with Gasteiger partial charge in [-0.25, -0.2) is 0 Å². The molecule has 0 spiro atoms. The first kappa shape index (κ1) is 15.4. The van der Waals surface area contributed by atoms with Crippen molar-refractivity contribution in [2.75, 3.05) is 4.90 Å². The van der Waals surface area contributed by atoms with Gasteiger partial charge in [0, 0.05) is 5.69 Å². The van der Waals surface area contributed by atoms with E-state index in [2.05, 4.69) is 110 Å². The van der Waals surface area contributed by atoms with Gasteiger partial charge in [0.05, 0.1) is 12.1 Å². The number of benzene rings is 3. The number of hydrogen-bond acceptors (Lipinski definition) is 1. The van der Waals surface area contributed by atoms with Crippen LogP contribution in [0.1, 0.15) is 37.1 Å². The molecule has 1 heteroatoms. The second-order valence-electron chi connectivity index (χ2n) is 5.92. The summed E-state index contributed by atoms with van der Waals surface area (Å²) in [6, 6.07) is 32.7. The predicted molar refractivity (Wildman–Crippen MR) is 98.6 cm³/mol. The van der Waals surface area contributed by atoms with Gasteiger partial charge in [0.2, 0.25) is 0 Å². The summed E-state index contributed by atoms with van der Waals surface area (Å²) in [7, 11) is 0. The molecule has 1 nitrogen and oxygen atoms in total. The molecule has 0 aromatic heterocycles. The first-order chi connectivity index (χ1) is 11.3. The Morgan fingerprint density at radius 2 is 0.870 bits per heavy atom. The van der Waals surface area contributed by atoms with Crippen molar-refractivity contribution in [3.8, 4) is 0 Å². The summed E-state index contributed by atoms with van der Waals surface area (Å²) in [6.45, 7) is 4.56. The zero-order valence-electron chi connectivity index (χ0n) is 13.8. The highest BCUT2D eigenvalue weighted by Crippen LogP contribution is 2.35. The van der Waals surface area contributed by atoms with Gasteiger partial charge < -0.3 is 4.90 Å². The van der Waals surface area contributed by atoms with Crippen LogP contribution in [0.3, 0.4) is 0 Å². The van der Waals surface area contributed by atoms with E-state index in [0.717, 1.165) is 0 Å². The summed E-state index contributed by atoms with van der Waals surface area (Å²) in [4.78, 5) is 2.49. The molecule has 0 radical (unpaired) electrons. The highest BCUT2D eigenvalue weighted by Gasteiger charge is 2.22. The number of rotatable bonds is 5. The van der Waals surface area contributed by atoms with E-state index in [-0.39, 0.29) is 0 Å². The van der Waals surface area contributed by atoms with Crippen molar-refractivity contribution < 1.29 is 0 Å². The third-order valence-electron chi connectivity index (χ3n) is 4.45. The molecule has 0 saturated heterocycles. The van der Waals surface area contributed by atoms with E-state index in [4.69, 9.17) is 0 Å². The van der Waals surface area contributed by atoms with Gasteiger partial charge in [-0.05, 0) is 37.1 Å². The van der Waals surface area contributed by atoms with Crippen LogP contribution < -0.4 is 4.90 Å². The number of nitrogens with zero attached hydrogens (tertiary/aromatic N) is 1. The molecule has 2 atom stereocenters. The van der Waals surface area contributed by atoms with Gasteiger partial charge in [-0.1, -0.05) is 78.9 Å². The van der Waals surface area contributed by atoms with E-state index in [9.17, 15) is 0 Å². The lowest BCUT2D eigenvalue weighted by atomic mass is 10.00. The minimum atomic E-state index is 0.300. The Morgan fingerprint density at radius 1 is 0.522 bits per heavy atom. The molecule has 0 aliphatic rings. The molecule has 0 aliphatic carbocycles. The van der Waals surface area contributed by atoms with Gasteiger partial charge >= 0.3 is 0 Å². The average Bonchev–Trinajstić information content (AvgIpc) is 2.64. The first-order valence-electron chi connectivity index (χ1n) is 8.20. The standard InChI is InChI=1S/C22H23N/c1-18(20-12-6-3-7-13-20)23(22-16-10-5-11-17-22)19(2)21-14-8-4-9-15-21/h3-19H,1-2H3. The summed E-state index contributed by atoms with van der Waals surface area (Å²) in [5.41, 5.74) is 3.92. The monoisotopic (exact) mass is 301 g/mol. The normalized spacial score (nSPS) is 13.3. The molecule has 3 aromatic rings. The van der Waals surface area contributed by atoms with Gasteiger partial charge in [0.15, 0.2) is 0 Å². The fourth-order valence-electron chi connectivity index (χ4n) is 3.17. The van der Waals surface area contributed by atoms with Crippen molar-refractivity contribution in [3.05, 3.63) is 102 Å². The topological polar surface area (TPSA) is 3.24 Å². The molecule has 23 heavy (non-hydrogen) atoms. The Hall–Kier alpha value is -2.54. The molecule has 0 fully saturated rings. The van der Waals surface area contributed by atoms with E-state index in [1.165, 1.54) is 16.8 Å². The average molecular weight is 301 g/mol. The summed E-state index contributed by atoms with van der Waals surface area (Å²) in [5, 5.41) is 0.